The normalized spacial score (nSPS) is 10.8. The molecular formula is C19H13N3O2. The molecule has 0 radical (unpaired) electrons. The van der Waals surface area contributed by atoms with Crippen LogP contribution in [0.1, 0.15) is 16.8 Å². The Morgan fingerprint density at radius 3 is 1.83 bits per heavy atom. The Hall–Kier alpha value is -3.52. The van der Waals surface area contributed by atoms with E-state index >= 15 is 0 Å². The first kappa shape index (κ1) is 15.4. The maximum Gasteiger partial charge on any atom is 0.287 e. The van der Waals surface area contributed by atoms with Gasteiger partial charge in [0, 0.05) is 6.07 Å². The van der Waals surface area contributed by atoms with Gasteiger partial charge in [-0.15, -0.1) is 0 Å². The van der Waals surface area contributed by atoms with Gasteiger partial charge in [0.25, 0.3) is 5.69 Å². The predicted octanol–water partition coefficient (Wildman–Crippen LogP) is 3.85. The number of nitro groups is 1. The topological polar surface area (TPSA) is 79.8 Å². The van der Waals surface area contributed by atoms with Gasteiger partial charge in [0.15, 0.2) is 0 Å². The highest BCUT2D eigenvalue weighted by Gasteiger charge is 2.38. The molecule has 0 bridgehead atoms. The summed E-state index contributed by atoms with van der Waals surface area (Å²) in [6.07, 6.45) is 1.19. The van der Waals surface area contributed by atoms with E-state index in [9.17, 15) is 15.4 Å². The van der Waals surface area contributed by atoms with E-state index in [1.165, 1.54) is 12.3 Å². The van der Waals surface area contributed by atoms with Crippen LogP contribution in [-0.4, -0.2) is 9.91 Å². The van der Waals surface area contributed by atoms with Crippen LogP contribution in [-0.2, 0) is 5.41 Å². The highest BCUT2D eigenvalue weighted by molar-refractivity contribution is 5.54. The molecule has 0 spiro atoms. The fraction of sp³-hybridized carbons (Fsp3) is 0.0526. The quantitative estimate of drug-likeness (QED) is 0.541. The summed E-state index contributed by atoms with van der Waals surface area (Å²) in [5.41, 5.74) is 0.747. The van der Waals surface area contributed by atoms with E-state index in [-0.39, 0.29) is 5.69 Å². The molecule has 1 heterocycles. The van der Waals surface area contributed by atoms with E-state index in [1.807, 2.05) is 60.7 Å². The average molecular weight is 315 g/mol. The summed E-state index contributed by atoms with van der Waals surface area (Å²) in [7, 11) is 0. The first-order valence-corrected chi connectivity index (χ1v) is 7.31. The van der Waals surface area contributed by atoms with Crippen LogP contribution < -0.4 is 0 Å². The molecule has 3 aromatic rings. The van der Waals surface area contributed by atoms with Gasteiger partial charge in [-0.2, -0.15) is 5.26 Å². The summed E-state index contributed by atoms with van der Waals surface area (Å²) in [6, 6.07) is 23.9. The van der Waals surface area contributed by atoms with Crippen LogP contribution in [0, 0.1) is 21.4 Å². The summed E-state index contributed by atoms with van der Waals surface area (Å²) in [5.74, 6) is 0. The third-order valence-corrected chi connectivity index (χ3v) is 3.92. The fourth-order valence-electron chi connectivity index (χ4n) is 2.74. The number of nitriles is 1. The molecule has 116 valence electrons. The molecule has 0 unspecified atom stereocenters. The standard InChI is InChI=1S/C19H13N3O2/c20-14-19(15-7-3-1-4-8-15,16-9-5-2-6-10-16)18-12-11-17(13-21-18)22(23)24/h1-13H. The lowest BCUT2D eigenvalue weighted by molar-refractivity contribution is -0.385. The molecule has 24 heavy (non-hydrogen) atoms. The van der Waals surface area contributed by atoms with Gasteiger partial charge in [-0.1, -0.05) is 60.7 Å². The number of nitrogens with zero attached hydrogens (tertiary/aromatic N) is 3. The van der Waals surface area contributed by atoms with Crippen molar-refractivity contribution >= 4 is 5.69 Å². The molecule has 1 aromatic heterocycles. The number of aromatic nitrogens is 1. The highest BCUT2D eigenvalue weighted by atomic mass is 16.6. The Labute approximate surface area is 139 Å². The molecule has 0 saturated carbocycles. The molecule has 0 atom stereocenters. The Kier molecular flexibility index (Phi) is 4.04. The molecule has 3 rings (SSSR count). The summed E-state index contributed by atoms with van der Waals surface area (Å²) in [6.45, 7) is 0. The van der Waals surface area contributed by atoms with Gasteiger partial charge in [0.1, 0.15) is 11.6 Å². The van der Waals surface area contributed by atoms with Crippen LogP contribution in [0.5, 0.6) is 0 Å². The predicted molar refractivity (Wildman–Crippen MR) is 89.3 cm³/mol. The van der Waals surface area contributed by atoms with Crippen molar-refractivity contribution in [2.24, 2.45) is 0 Å². The van der Waals surface area contributed by atoms with E-state index in [1.54, 1.807) is 6.07 Å². The number of hydrogen-bond donors (Lipinski definition) is 0. The molecule has 2 aromatic carbocycles. The molecule has 0 aliphatic rings. The van der Waals surface area contributed by atoms with Gasteiger partial charge >= 0.3 is 0 Å². The molecule has 0 saturated heterocycles. The molecule has 5 heteroatoms. The van der Waals surface area contributed by atoms with Crippen molar-refractivity contribution in [1.82, 2.24) is 4.98 Å². The summed E-state index contributed by atoms with van der Waals surface area (Å²) in [4.78, 5) is 14.6. The number of hydrogen-bond acceptors (Lipinski definition) is 4. The summed E-state index contributed by atoms with van der Waals surface area (Å²) >= 11 is 0. The van der Waals surface area contributed by atoms with Crippen molar-refractivity contribution in [2.75, 3.05) is 0 Å². The zero-order valence-corrected chi connectivity index (χ0v) is 12.7. The van der Waals surface area contributed by atoms with Gasteiger partial charge in [-0.05, 0) is 17.2 Å². The van der Waals surface area contributed by atoms with Crippen LogP contribution in [0.4, 0.5) is 5.69 Å². The van der Waals surface area contributed by atoms with E-state index in [0.29, 0.717) is 5.69 Å². The Morgan fingerprint density at radius 2 is 1.46 bits per heavy atom. The van der Waals surface area contributed by atoms with Crippen molar-refractivity contribution in [3.63, 3.8) is 0 Å². The lowest BCUT2D eigenvalue weighted by Gasteiger charge is -2.27. The molecule has 0 fully saturated rings. The van der Waals surface area contributed by atoms with Gasteiger partial charge < -0.3 is 0 Å². The SMILES string of the molecule is N#CC(c1ccccc1)(c1ccccc1)c1ccc([N+](=O)[O-])cn1. The van der Waals surface area contributed by atoms with Gasteiger partial charge in [0.2, 0.25) is 0 Å². The van der Waals surface area contributed by atoms with Gasteiger partial charge in [-0.25, -0.2) is 0 Å². The zero-order chi connectivity index (χ0) is 17.0. The third kappa shape index (κ3) is 2.50. The Balaban J connectivity index is 2.26. The minimum absolute atomic E-state index is 0.105. The third-order valence-electron chi connectivity index (χ3n) is 3.92. The number of pyridine rings is 1. The van der Waals surface area contributed by atoms with E-state index in [0.717, 1.165) is 11.1 Å². The lowest BCUT2D eigenvalue weighted by atomic mass is 9.73. The van der Waals surface area contributed by atoms with Crippen LogP contribution in [0.2, 0.25) is 0 Å². The zero-order valence-electron chi connectivity index (χ0n) is 12.7. The maximum atomic E-state index is 10.9. The number of rotatable bonds is 4. The molecule has 0 aliphatic heterocycles. The van der Waals surface area contributed by atoms with Crippen molar-refractivity contribution < 1.29 is 4.92 Å². The average Bonchev–Trinajstić information content (AvgIpc) is 2.65. The minimum Gasteiger partial charge on any atom is -0.258 e. The van der Waals surface area contributed by atoms with Crippen LogP contribution in [0.25, 0.3) is 0 Å². The monoisotopic (exact) mass is 315 g/mol. The molecule has 0 aliphatic carbocycles. The second-order valence-electron chi connectivity index (χ2n) is 5.25. The van der Waals surface area contributed by atoms with Crippen LogP contribution in [0.15, 0.2) is 79.0 Å². The van der Waals surface area contributed by atoms with E-state index < -0.39 is 10.3 Å². The summed E-state index contributed by atoms with van der Waals surface area (Å²) < 4.78 is 0. The van der Waals surface area contributed by atoms with Gasteiger partial charge in [-0.3, -0.25) is 15.1 Å². The Morgan fingerprint density at radius 1 is 0.917 bits per heavy atom. The van der Waals surface area contributed by atoms with Crippen molar-refractivity contribution in [1.29, 1.82) is 5.26 Å². The summed E-state index contributed by atoms with van der Waals surface area (Å²) in [5, 5.41) is 21.0. The van der Waals surface area contributed by atoms with Gasteiger partial charge in [0.05, 0.1) is 16.7 Å². The Bertz CT molecular complexity index is 846. The van der Waals surface area contributed by atoms with Crippen molar-refractivity contribution in [3.05, 3.63) is 106 Å². The highest BCUT2D eigenvalue weighted by Crippen LogP contribution is 2.37. The molecule has 0 amide bonds. The van der Waals surface area contributed by atoms with E-state index in [2.05, 4.69) is 11.1 Å². The van der Waals surface area contributed by atoms with Crippen molar-refractivity contribution in [3.8, 4) is 6.07 Å². The largest absolute Gasteiger partial charge is 0.287 e. The van der Waals surface area contributed by atoms with Crippen LogP contribution >= 0.6 is 0 Å². The minimum atomic E-state index is -1.13. The second kappa shape index (κ2) is 6.31. The lowest BCUT2D eigenvalue weighted by Crippen LogP contribution is -2.28. The maximum absolute atomic E-state index is 10.9. The molecule has 0 N–H and O–H groups in total. The molecular weight excluding hydrogens is 302 g/mol. The molecule has 5 nitrogen and oxygen atoms in total. The number of benzene rings is 2. The van der Waals surface area contributed by atoms with Crippen LogP contribution in [0.3, 0.4) is 0 Å². The second-order valence-corrected chi connectivity index (χ2v) is 5.25. The van der Waals surface area contributed by atoms with Crippen molar-refractivity contribution in [2.45, 2.75) is 5.41 Å². The fourth-order valence-corrected chi connectivity index (χ4v) is 2.74. The first-order chi connectivity index (χ1) is 11.7. The van der Waals surface area contributed by atoms with E-state index in [4.69, 9.17) is 0 Å². The first-order valence-electron chi connectivity index (χ1n) is 7.31. The smallest absolute Gasteiger partial charge is 0.258 e.